The number of aliphatic carboxylic acids is 1. The van der Waals surface area contributed by atoms with Crippen LogP contribution in [0.2, 0.25) is 0 Å². The number of aliphatic hydroxyl groups is 1. The maximum Gasteiger partial charge on any atom is 0.313 e. The number of rotatable bonds is 4. The predicted molar refractivity (Wildman–Crippen MR) is 42.7 cm³/mol. The second-order valence-electron chi connectivity index (χ2n) is 3.15. The van der Waals surface area contributed by atoms with Gasteiger partial charge < -0.3 is 10.2 Å². The van der Waals surface area contributed by atoms with E-state index in [1.165, 1.54) is 6.92 Å². The smallest absolute Gasteiger partial charge is 0.313 e. The quantitative estimate of drug-likeness (QED) is 0.601. The summed E-state index contributed by atoms with van der Waals surface area (Å²) in [5, 5.41) is 17.7. The Hall–Kier alpha value is -0.900. The van der Waals surface area contributed by atoms with Gasteiger partial charge in [0.25, 0.3) is 0 Å². The fourth-order valence-electron chi connectivity index (χ4n) is 0.706. The number of hydrogen-bond acceptors (Lipinski definition) is 3. The number of ketones is 1. The van der Waals surface area contributed by atoms with Crippen LogP contribution in [0, 0.1) is 11.8 Å². The van der Waals surface area contributed by atoms with Gasteiger partial charge in [0.05, 0.1) is 0 Å². The number of hydrogen-bond donors (Lipinski definition) is 2. The standard InChI is InChI=1S/C8H14O4/c1-4(2)6(9)7(10)5(3)8(11)12/h4-6,9H,1-3H3,(H,11,12)/t5-,6-/m0/s1. The molecule has 0 aliphatic heterocycles. The van der Waals surface area contributed by atoms with E-state index in [0.717, 1.165) is 0 Å². The van der Waals surface area contributed by atoms with Crippen molar-refractivity contribution in [3.8, 4) is 0 Å². The molecule has 0 bridgehead atoms. The molecular weight excluding hydrogens is 160 g/mol. The SMILES string of the molecule is CC(C)[C@H](O)C(=O)[C@H](C)C(=O)O. The molecule has 0 fully saturated rings. The van der Waals surface area contributed by atoms with Crippen molar-refractivity contribution in [1.82, 2.24) is 0 Å². The van der Waals surface area contributed by atoms with Crippen LogP contribution in [0.5, 0.6) is 0 Å². The molecule has 12 heavy (non-hydrogen) atoms. The van der Waals surface area contributed by atoms with Crippen LogP contribution in [0.25, 0.3) is 0 Å². The molecule has 2 N–H and O–H groups in total. The maximum absolute atomic E-state index is 11.1. The Morgan fingerprint density at radius 2 is 1.58 bits per heavy atom. The van der Waals surface area contributed by atoms with E-state index >= 15 is 0 Å². The Morgan fingerprint density at radius 3 is 1.83 bits per heavy atom. The summed E-state index contributed by atoms with van der Waals surface area (Å²) in [6.07, 6.45) is -1.17. The van der Waals surface area contributed by atoms with Crippen LogP contribution in [0.15, 0.2) is 0 Å². The van der Waals surface area contributed by atoms with E-state index < -0.39 is 23.8 Å². The van der Waals surface area contributed by atoms with Crippen molar-refractivity contribution in [2.24, 2.45) is 11.8 Å². The van der Waals surface area contributed by atoms with Crippen molar-refractivity contribution in [3.63, 3.8) is 0 Å². The topological polar surface area (TPSA) is 74.6 Å². The summed E-state index contributed by atoms with van der Waals surface area (Å²) in [7, 11) is 0. The minimum atomic E-state index is -1.19. The third-order valence-corrected chi connectivity index (χ3v) is 1.72. The highest BCUT2D eigenvalue weighted by Crippen LogP contribution is 2.08. The normalized spacial score (nSPS) is 15.8. The molecule has 0 rings (SSSR count). The number of carboxylic acid groups (broad SMARTS) is 1. The van der Waals surface area contributed by atoms with Gasteiger partial charge in [0.2, 0.25) is 0 Å². The lowest BCUT2D eigenvalue weighted by molar-refractivity contribution is -0.149. The Balaban J connectivity index is 4.29. The largest absolute Gasteiger partial charge is 0.481 e. The first-order valence-corrected chi connectivity index (χ1v) is 3.82. The lowest BCUT2D eigenvalue weighted by atomic mass is 9.95. The number of carboxylic acids is 1. The van der Waals surface area contributed by atoms with Crippen LogP contribution in [0.1, 0.15) is 20.8 Å². The second kappa shape index (κ2) is 4.21. The Bertz CT molecular complexity index is 185. The minimum Gasteiger partial charge on any atom is -0.481 e. The lowest BCUT2D eigenvalue weighted by Crippen LogP contribution is -2.34. The van der Waals surface area contributed by atoms with E-state index in [1.807, 2.05) is 0 Å². The van der Waals surface area contributed by atoms with Gasteiger partial charge in [-0.25, -0.2) is 0 Å². The monoisotopic (exact) mass is 174 g/mol. The first kappa shape index (κ1) is 11.1. The molecule has 2 atom stereocenters. The van der Waals surface area contributed by atoms with Gasteiger partial charge in [0.1, 0.15) is 12.0 Å². The Kier molecular flexibility index (Phi) is 3.89. The van der Waals surface area contributed by atoms with Gasteiger partial charge in [-0.2, -0.15) is 0 Å². The van der Waals surface area contributed by atoms with Gasteiger partial charge in [-0.3, -0.25) is 9.59 Å². The van der Waals surface area contributed by atoms with Gasteiger partial charge in [0.15, 0.2) is 5.78 Å². The molecule has 0 amide bonds. The van der Waals surface area contributed by atoms with Crippen LogP contribution in [0.3, 0.4) is 0 Å². The molecule has 4 nitrogen and oxygen atoms in total. The molecule has 0 aromatic heterocycles. The molecule has 0 aliphatic carbocycles. The van der Waals surface area contributed by atoms with Crippen LogP contribution in [-0.4, -0.2) is 28.1 Å². The first-order valence-electron chi connectivity index (χ1n) is 3.82. The van der Waals surface area contributed by atoms with Crippen molar-refractivity contribution < 1.29 is 19.8 Å². The molecule has 0 spiro atoms. The van der Waals surface area contributed by atoms with Crippen molar-refractivity contribution in [3.05, 3.63) is 0 Å². The zero-order valence-corrected chi connectivity index (χ0v) is 7.44. The molecule has 70 valence electrons. The fourth-order valence-corrected chi connectivity index (χ4v) is 0.706. The Labute approximate surface area is 71.2 Å². The van der Waals surface area contributed by atoms with Gasteiger partial charge in [-0.05, 0) is 12.8 Å². The molecule has 0 unspecified atom stereocenters. The molecular formula is C8H14O4. The summed E-state index contributed by atoms with van der Waals surface area (Å²) in [5.41, 5.74) is 0. The van der Waals surface area contributed by atoms with Crippen LogP contribution in [0.4, 0.5) is 0 Å². The van der Waals surface area contributed by atoms with Gasteiger partial charge in [-0.1, -0.05) is 13.8 Å². The summed E-state index contributed by atoms with van der Waals surface area (Å²) in [6, 6.07) is 0. The van der Waals surface area contributed by atoms with Crippen molar-refractivity contribution in [1.29, 1.82) is 0 Å². The molecule has 0 radical (unpaired) electrons. The lowest BCUT2D eigenvalue weighted by Gasteiger charge is -2.14. The number of carbonyl (C=O) groups excluding carboxylic acids is 1. The average Bonchev–Trinajstić information content (AvgIpc) is 2.00. The molecule has 0 heterocycles. The van der Waals surface area contributed by atoms with E-state index in [0.29, 0.717) is 0 Å². The van der Waals surface area contributed by atoms with E-state index in [4.69, 9.17) is 5.11 Å². The van der Waals surface area contributed by atoms with Crippen LogP contribution in [-0.2, 0) is 9.59 Å². The van der Waals surface area contributed by atoms with Crippen molar-refractivity contribution in [2.45, 2.75) is 26.9 Å². The van der Waals surface area contributed by atoms with Gasteiger partial charge >= 0.3 is 5.97 Å². The average molecular weight is 174 g/mol. The summed E-state index contributed by atoms with van der Waals surface area (Å²) in [5.74, 6) is -3.18. The highest BCUT2D eigenvalue weighted by atomic mass is 16.4. The minimum absolute atomic E-state index is 0.237. The zero-order valence-electron chi connectivity index (χ0n) is 7.44. The zero-order chi connectivity index (χ0) is 9.89. The summed E-state index contributed by atoms with van der Waals surface area (Å²) < 4.78 is 0. The summed E-state index contributed by atoms with van der Waals surface area (Å²) >= 11 is 0. The van der Waals surface area contributed by atoms with Crippen LogP contribution >= 0.6 is 0 Å². The first-order chi connectivity index (χ1) is 5.37. The summed E-state index contributed by atoms with van der Waals surface area (Å²) in [4.78, 5) is 21.4. The van der Waals surface area contributed by atoms with E-state index in [9.17, 15) is 14.7 Å². The van der Waals surface area contributed by atoms with E-state index in [-0.39, 0.29) is 5.92 Å². The van der Waals surface area contributed by atoms with Gasteiger partial charge in [-0.15, -0.1) is 0 Å². The fraction of sp³-hybridized carbons (Fsp3) is 0.750. The second-order valence-corrected chi connectivity index (χ2v) is 3.15. The van der Waals surface area contributed by atoms with E-state index in [1.54, 1.807) is 13.8 Å². The number of Topliss-reactive ketones (excluding diaryl/α,β-unsaturated/α-hetero) is 1. The third-order valence-electron chi connectivity index (χ3n) is 1.72. The third kappa shape index (κ3) is 2.62. The van der Waals surface area contributed by atoms with Gasteiger partial charge in [0, 0.05) is 0 Å². The highest BCUT2D eigenvalue weighted by molar-refractivity contribution is 6.00. The number of aliphatic hydroxyl groups excluding tert-OH is 1. The molecule has 4 heteroatoms. The molecule has 0 aromatic carbocycles. The molecule has 0 aromatic rings. The molecule has 0 aliphatic rings. The summed E-state index contributed by atoms with van der Waals surface area (Å²) in [6.45, 7) is 4.60. The van der Waals surface area contributed by atoms with Crippen molar-refractivity contribution in [2.75, 3.05) is 0 Å². The van der Waals surface area contributed by atoms with Crippen LogP contribution < -0.4 is 0 Å². The highest BCUT2D eigenvalue weighted by Gasteiger charge is 2.28. The van der Waals surface area contributed by atoms with Crippen molar-refractivity contribution >= 4 is 11.8 Å². The van der Waals surface area contributed by atoms with E-state index in [2.05, 4.69) is 0 Å². The number of carbonyl (C=O) groups is 2. The Morgan fingerprint density at radius 1 is 1.17 bits per heavy atom. The molecule has 0 saturated heterocycles. The maximum atomic E-state index is 11.1. The molecule has 0 saturated carbocycles. The predicted octanol–water partition coefficient (Wildman–Crippen LogP) is 0.293.